The highest BCUT2D eigenvalue weighted by atomic mass is 32.2. The lowest BCUT2D eigenvalue weighted by Gasteiger charge is -2.12. The highest BCUT2D eigenvalue weighted by molar-refractivity contribution is 7.99. The summed E-state index contributed by atoms with van der Waals surface area (Å²) < 4.78 is 1.73. The highest BCUT2D eigenvalue weighted by Gasteiger charge is 2.29. The highest BCUT2D eigenvalue weighted by Crippen LogP contribution is 2.37. The van der Waals surface area contributed by atoms with Crippen LogP contribution in [0.25, 0.3) is 0 Å². The molecule has 1 atom stereocenters. The summed E-state index contributed by atoms with van der Waals surface area (Å²) in [4.78, 5) is 11.6. The molecule has 0 aliphatic heterocycles. The summed E-state index contributed by atoms with van der Waals surface area (Å²) in [6.07, 6.45) is 3.54. The van der Waals surface area contributed by atoms with E-state index in [1.165, 1.54) is 11.8 Å². The molecule has 1 unspecified atom stereocenters. The number of nitrogens with two attached hydrogens (primary N) is 1. The molecule has 94 valence electrons. The van der Waals surface area contributed by atoms with E-state index in [2.05, 4.69) is 10.2 Å². The van der Waals surface area contributed by atoms with Crippen LogP contribution in [0.15, 0.2) is 9.95 Å². The van der Waals surface area contributed by atoms with Gasteiger partial charge < -0.3 is 5.73 Å². The Morgan fingerprint density at radius 1 is 1.76 bits per heavy atom. The number of amidine groups is 1. The van der Waals surface area contributed by atoms with Crippen LogP contribution in [0, 0.1) is 5.41 Å². The first kappa shape index (κ1) is 12.2. The molecule has 0 bridgehead atoms. The Labute approximate surface area is 103 Å². The number of thioether (sulfide) groups is 1. The maximum Gasteiger partial charge on any atom is 0.344 e. The van der Waals surface area contributed by atoms with Crippen molar-refractivity contribution in [3.8, 4) is 0 Å². The smallest absolute Gasteiger partial charge is 0.344 e. The van der Waals surface area contributed by atoms with Crippen LogP contribution in [0.5, 0.6) is 0 Å². The van der Waals surface area contributed by atoms with Gasteiger partial charge in [-0.1, -0.05) is 18.7 Å². The fourth-order valence-corrected chi connectivity index (χ4v) is 2.86. The first-order chi connectivity index (χ1) is 8.11. The van der Waals surface area contributed by atoms with Gasteiger partial charge in [-0.3, -0.25) is 9.98 Å². The van der Waals surface area contributed by atoms with Crippen LogP contribution in [0.1, 0.15) is 38.6 Å². The lowest BCUT2D eigenvalue weighted by Crippen LogP contribution is -2.19. The Balaban J connectivity index is 2.11. The number of H-pyrrole nitrogens is 1. The van der Waals surface area contributed by atoms with Crippen molar-refractivity contribution in [2.75, 3.05) is 0 Å². The zero-order valence-corrected chi connectivity index (χ0v) is 10.6. The summed E-state index contributed by atoms with van der Waals surface area (Å²) in [6, 6.07) is 0.318. The van der Waals surface area contributed by atoms with Gasteiger partial charge in [-0.25, -0.2) is 9.89 Å². The maximum atomic E-state index is 11.6. The second-order valence-corrected chi connectivity index (χ2v) is 5.56. The SMILES string of the molecule is CCC(CC(=N)N)Sc1n[nH]c(=O)n1C1CC1. The van der Waals surface area contributed by atoms with Crippen LogP contribution in [-0.2, 0) is 0 Å². The van der Waals surface area contributed by atoms with E-state index < -0.39 is 0 Å². The average molecular weight is 255 g/mol. The van der Waals surface area contributed by atoms with Crippen molar-refractivity contribution in [1.82, 2.24) is 14.8 Å². The Kier molecular flexibility index (Phi) is 3.56. The number of aromatic nitrogens is 3. The topological polar surface area (TPSA) is 101 Å². The Morgan fingerprint density at radius 2 is 2.47 bits per heavy atom. The first-order valence-electron chi connectivity index (χ1n) is 5.78. The van der Waals surface area contributed by atoms with Crippen molar-refractivity contribution in [2.24, 2.45) is 5.73 Å². The van der Waals surface area contributed by atoms with Crippen LogP contribution in [0.3, 0.4) is 0 Å². The van der Waals surface area contributed by atoms with E-state index in [1.807, 2.05) is 6.92 Å². The lowest BCUT2D eigenvalue weighted by atomic mass is 10.2. The quantitative estimate of drug-likeness (QED) is 0.402. The molecular formula is C10H17N5OS. The Morgan fingerprint density at radius 3 is 3.00 bits per heavy atom. The summed E-state index contributed by atoms with van der Waals surface area (Å²) in [5.74, 6) is 0.181. The van der Waals surface area contributed by atoms with Crippen LogP contribution in [0.2, 0.25) is 0 Å². The number of aromatic amines is 1. The molecule has 1 aliphatic carbocycles. The molecule has 0 amide bonds. The molecule has 2 rings (SSSR count). The molecule has 1 fully saturated rings. The molecule has 0 aromatic carbocycles. The molecule has 17 heavy (non-hydrogen) atoms. The predicted molar refractivity (Wildman–Crippen MR) is 67.6 cm³/mol. The minimum absolute atomic E-state index is 0.132. The van der Waals surface area contributed by atoms with Crippen molar-refractivity contribution in [3.05, 3.63) is 10.5 Å². The van der Waals surface area contributed by atoms with Gasteiger partial charge >= 0.3 is 5.69 Å². The van der Waals surface area contributed by atoms with E-state index in [-0.39, 0.29) is 16.8 Å². The number of nitrogens with zero attached hydrogens (tertiary/aromatic N) is 2. The van der Waals surface area contributed by atoms with Crippen molar-refractivity contribution < 1.29 is 0 Å². The second-order valence-electron chi connectivity index (χ2n) is 4.29. The monoisotopic (exact) mass is 255 g/mol. The molecule has 6 nitrogen and oxygen atoms in total. The van der Waals surface area contributed by atoms with E-state index in [1.54, 1.807) is 4.57 Å². The minimum Gasteiger partial charge on any atom is -0.388 e. The third kappa shape index (κ3) is 2.91. The maximum absolute atomic E-state index is 11.6. The molecule has 4 N–H and O–H groups in total. The zero-order valence-electron chi connectivity index (χ0n) is 9.77. The molecule has 1 aliphatic rings. The van der Waals surface area contributed by atoms with Gasteiger partial charge in [0.1, 0.15) is 0 Å². The van der Waals surface area contributed by atoms with Gasteiger partial charge in [-0.2, -0.15) is 0 Å². The molecule has 0 radical (unpaired) electrons. The number of nitrogens with one attached hydrogen (secondary N) is 2. The van der Waals surface area contributed by atoms with E-state index >= 15 is 0 Å². The van der Waals surface area contributed by atoms with Gasteiger partial charge in [0.15, 0.2) is 5.16 Å². The molecule has 0 saturated heterocycles. The summed E-state index contributed by atoms with van der Waals surface area (Å²) in [7, 11) is 0. The Hall–Kier alpha value is -1.24. The first-order valence-corrected chi connectivity index (χ1v) is 6.66. The van der Waals surface area contributed by atoms with Gasteiger partial charge in [0.25, 0.3) is 0 Å². The zero-order chi connectivity index (χ0) is 12.4. The fourth-order valence-electron chi connectivity index (χ4n) is 1.69. The molecule has 1 aromatic rings. The van der Waals surface area contributed by atoms with Crippen LogP contribution in [0.4, 0.5) is 0 Å². The molecule has 1 aromatic heterocycles. The minimum atomic E-state index is -0.132. The van der Waals surface area contributed by atoms with Crippen LogP contribution >= 0.6 is 11.8 Å². The van der Waals surface area contributed by atoms with Gasteiger partial charge in [-0.05, 0) is 19.3 Å². The van der Waals surface area contributed by atoms with Crippen LogP contribution in [-0.4, -0.2) is 25.9 Å². The summed E-state index contributed by atoms with van der Waals surface area (Å²) in [6.45, 7) is 2.05. The van der Waals surface area contributed by atoms with Gasteiger partial charge in [-0.15, -0.1) is 5.10 Å². The van der Waals surface area contributed by atoms with E-state index in [0.29, 0.717) is 12.5 Å². The van der Waals surface area contributed by atoms with E-state index in [0.717, 1.165) is 24.4 Å². The number of hydrogen-bond acceptors (Lipinski definition) is 4. The predicted octanol–water partition coefficient (Wildman–Crippen LogP) is 1.10. The normalized spacial score (nSPS) is 17.0. The average Bonchev–Trinajstić information content (AvgIpc) is 3.03. The molecular weight excluding hydrogens is 238 g/mol. The molecule has 1 heterocycles. The number of rotatable bonds is 6. The number of hydrogen-bond donors (Lipinski definition) is 3. The van der Waals surface area contributed by atoms with E-state index in [9.17, 15) is 4.79 Å². The molecule has 1 saturated carbocycles. The van der Waals surface area contributed by atoms with Gasteiger partial charge in [0.05, 0.1) is 5.84 Å². The van der Waals surface area contributed by atoms with Crippen molar-refractivity contribution in [1.29, 1.82) is 5.41 Å². The Bertz CT molecular complexity index is 462. The summed E-state index contributed by atoms with van der Waals surface area (Å²) in [5.41, 5.74) is 5.28. The fraction of sp³-hybridized carbons (Fsp3) is 0.700. The molecule has 0 spiro atoms. The van der Waals surface area contributed by atoms with Gasteiger partial charge in [0.2, 0.25) is 0 Å². The van der Waals surface area contributed by atoms with Gasteiger partial charge in [0, 0.05) is 17.7 Å². The summed E-state index contributed by atoms with van der Waals surface area (Å²) >= 11 is 1.53. The molecule has 7 heteroatoms. The standard InChI is InChI=1S/C10H17N5OS/c1-2-7(5-8(11)12)17-10-14-13-9(16)15(10)6-3-4-6/h6-7H,2-5H2,1H3,(H3,11,12)(H,13,16). The largest absolute Gasteiger partial charge is 0.388 e. The third-order valence-corrected chi connectivity index (χ3v) is 4.09. The summed E-state index contributed by atoms with van der Waals surface area (Å²) in [5, 5.41) is 14.8. The third-order valence-electron chi connectivity index (χ3n) is 2.76. The van der Waals surface area contributed by atoms with E-state index in [4.69, 9.17) is 11.1 Å². The van der Waals surface area contributed by atoms with Crippen molar-refractivity contribution in [3.63, 3.8) is 0 Å². The second kappa shape index (κ2) is 4.95. The van der Waals surface area contributed by atoms with Crippen molar-refractivity contribution in [2.45, 2.75) is 49.1 Å². The lowest BCUT2D eigenvalue weighted by molar-refractivity contribution is 0.640. The van der Waals surface area contributed by atoms with Crippen molar-refractivity contribution >= 4 is 17.6 Å². The van der Waals surface area contributed by atoms with Crippen LogP contribution < -0.4 is 11.4 Å².